The second kappa shape index (κ2) is 16.7. The van der Waals surface area contributed by atoms with E-state index in [-0.39, 0.29) is 6.61 Å². The van der Waals surface area contributed by atoms with Gasteiger partial charge in [-0.15, -0.1) is 0 Å². The molecule has 0 N–H and O–H groups in total. The third-order valence-electron chi connectivity index (χ3n) is 9.00. The van der Waals surface area contributed by atoms with Crippen LogP contribution in [0.4, 0.5) is 0 Å². The molecule has 1 aliphatic rings. The van der Waals surface area contributed by atoms with Crippen molar-refractivity contribution in [1.82, 2.24) is 0 Å². The Hall–Kier alpha value is -4.54. The Bertz CT molecular complexity index is 1660. The van der Waals surface area contributed by atoms with Crippen LogP contribution >= 0.6 is 0 Å². The highest BCUT2D eigenvalue weighted by molar-refractivity contribution is 5.78. The molecule has 5 atom stereocenters. The summed E-state index contributed by atoms with van der Waals surface area (Å²) in [7, 11) is 0. The zero-order valence-electron chi connectivity index (χ0n) is 34.3. The van der Waals surface area contributed by atoms with Crippen molar-refractivity contribution in [2.45, 2.75) is 119 Å². The van der Waals surface area contributed by atoms with Crippen molar-refractivity contribution in [3.05, 3.63) is 108 Å². The quantitative estimate of drug-likeness (QED) is 0.114. The molecular formula is C45H58O10. The van der Waals surface area contributed by atoms with Gasteiger partial charge in [-0.05, 0) is 99.8 Å². The third kappa shape index (κ3) is 10.4. The average molecular weight is 759 g/mol. The summed E-state index contributed by atoms with van der Waals surface area (Å²) in [5.41, 5.74) is -2.86. The number of ether oxygens (including phenoxy) is 6. The Kier molecular flexibility index (Phi) is 13.1. The van der Waals surface area contributed by atoms with E-state index in [4.69, 9.17) is 28.4 Å². The number of carbonyl (C=O) groups is 4. The molecule has 0 aliphatic carbocycles. The van der Waals surface area contributed by atoms with E-state index in [9.17, 15) is 19.2 Å². The predicted molar refractivity (Wildman–Crippen MR) is 207 cm³/mol. The number of carbonyl (C=O) groups excluding carboxylic acids is 4. The zero-order valence-corrected chi connectivity index (χ0v) is 34.3. The summed E-state index contributed by atoms with van der Waals surface area (Å²) in [4.78, 5) is 54.7. The molecule has 1 heterocycles. The molecule has 0 aromatic heterocycles. The number of hydrogen-bond donors (Lipinski definition) is 0. The topological polar surface area (TPSA) is 124 Å². The second-order valence-electron chi connectivity index (χ2n) is 18.1. The van der Waals surface area contributed by atoms with Gasteiger partial charge in [-0.3, -0.25) is 19.2 Å². The van der Waals surface area contributed by atoms with Crippen LogP contribution < -0.4 is 0 Å². The van der Waals surface area contributed by atoms with Crippen LogP contribution in [0.1, 0.15) is 99.8 Å². The van der Waals surface area contributed by atoms with Crippen LogP contribution in [0.2, 0.25) is 0 Å². The summed E-state index contributed by atoms with van der Waals surface area (Å²) >= 11 is 0. The third-order valence-corrected chi connectivity index (χ3v) is 9.00. The van der Waals surface area contributed by atoms with E-state index < -0.39 is 81.8 Å². The van der Waals surface area contributed by atoms with E-state index in [2.05, 4.69) is 0 Å². The van der Waals surface area contributed by atoms with Crippen molar-refractivity contribution in [2.24, 2.45) is 21.7 Å². The van der Waals surface area contributed by atoms with Gasteiger partial charge in [-0.1, -0.05) is 91.0 Å². The standard InChI is InChI=1S/C45H58O10/c1-41(2,3)37(46)52-33-32(28-50-45(29-22-16-13-17-23-29,30-24-18-14-19-25-30)31-26-20-15-21-27-31)51-36(55-40(49)44(10,11)12)35(54-39(48)43(7,8)9)34(33)53-38(47)42(4,5)6/h13-27,32-36H,28H2,1-12H3/t32-,33+,34+,35-,36?/m1/s1. The molecule has 0 bridgehead atoms. The van der Waals surface area contributed by atoms with Gasteiger partial charge in [0.1, 0.15) is 11.7 Å². The van der Waals surface area contributed by atoms with Crippen molar-refractivity contribution in [2.75, 3.05) is 6.61 Å². The normalized spacial score (nSPS) is 20.9. The fourth-order valence-electron chi connectivity index (χ4n) is 5.67. The lowest BCUT2D eigenvalue weighted by Crippen LogP contribution is -2.64. The number of hydrogen-bond acceptors (Lipinski definition) is 10. The Labute approximate surface area is 326 Å². The largest absolute Gasteiger partial charge is 0.455 e. The molecule has 3 aromatic rings. The van der Waals surface area contributed by atoms with Gasteiger partial charge in [-0.2, -0.15) is 0 Å². The maximum Gasteiger partial charge on any atom is 0.313 e. The molecule has 55 heavy (non-hydrogen) atoms. The molecule has 0 saturated carbocycles. The Morgan fingerprint density at radius 2 is 0.764 bits per heavy atom. The van der Waals surface area contributed by atoms with Crippen LogP contribution in [0.25, 0.3) is 0 Å². The van der Waals surface area contributed by atoms with Crippen LogP contribution in [0, 0.1) is 21.7 Å². The minimum absolute atomic E-state index is 0.270. The maximum atomic E-state index is 13.8. The van der Waals surface area contributed by atoms with Gasteiger partial charge in [0.05, 0.1) is 28.3 Å². The van der Waals surface area contributed by atoms with Gasteiger partial charge in [-0.25, -0.2) is 0 Å². The van der Waals surface area contributed by atoms with Gasteiger partial charge < -0.3 is 28.4 Å². The van der Waals surface area contributed by atoms with Crippen molar-refractivity contribution in [3.8, 4) is 0 Å². The summed E-state index contributed by atoms with van der Waals surface area (Å²) in [6.07, 6.45) is -7.21. The lowest BCUT2D eigenvalue weighted by molar-refractivity contribution is -0.309. The van der Waals surface area contributed by atoms with E-state index in [0.717, 1.165) is 16.7 Å². The molecule has 1 unspecified atom stereocenters. The summed E-state index contributed by atoms with van der Waals surface area (Å²) < 4.78 is 38.2. The van der Waals surface area contributed by atoms with Crippen molar-refractivity contribution in [3.63, 3.8) is 0 Å². The molecule has 10 heteroatoms. The Morgan fingerprint density at radius 1 is 0.455 bits per heavy atom. The molecule has 0 amide bonds. The summed E-state index contributed by atoms with van der Waals surface area (Å²) in [6.45, 7) is 19.8. The number of rotatable bonds is 10. The maximum absolute atomic E-state index is 13.8. The van der Waals surface area contributed by atoms with Crippen LogP contribution in [0.3, 0.4) is 0 Å². The van der Waals surface area contributed by atoms with Crippen LogP contribution in [0.5, 0.6) is 0 Å². The van der Waals surface area contributed by atoms with Crippen molar-refractivity contribution >= 4 is 23.9 Å². The van der Waals surface area contributed by atoms with Crippen LogP contribution in [-0.4, -0.2) is 61.2 Å². The van der Waals surface area contributed by atoms with Crippen LogP contribution in [0.15, 0.2) is 91.0 Å². The highest BCUT2D eigenvalue weighted by Crippen LogP contribution is 2.42. The first-order valence-corrected chi connectivity index (χ1v) is 18.8. The molecule has 0 spiro atoms. The van der Waals surface area contributed by atoms with E-state index in [1.165, 1.54) is 0 Å². The highest BCUT2D eigenvalue weighted by Gasteiger charge is 2.56. The minimum atomic E-state index is -1.59. The number of esters is 4. The summed E-state index contributed by atoms with van der Waals surface area (Å²) in [5.74, 6) is -2.64. The molecular weight excluding hydrogens is 700 g/mol. The van der Waals surface area contributed by atoms with Crippen molar-refractivity contribution in [1.29, 1.82) is 0 Å². The fourth-order valence-corrected chi connectivity index (χ4v) is 5.67. The Morgan fingerprint density at radius 3 is 1.11 bits per heavy atom. The first kappa shape index (κ1) is 43.2. The summed E-state index contributed by atoms with van der Waals surface area (Å²) in [5, 5.41) is 0. The lowest BCUT2D eigenvalue weighted by Gasteiger charge is -2.46. The van der Waals surface area contributed by atoms with Gasteiger partial charge in [0.2, 0.25) is 12.4 Å². The van der Waals surface area contributed by atoms with Gasteiger partial charge in [0, 0.05) is 0 Å². The summed E-state index contributed by atoms with van der Waals surface area (Å²) in [6, 6.07) is 29.0. The molecule has 298 valence electrons. The predicted octanol–water partition coefficient (Wildman–Crippen LogP) is 8.18. The van der Waals surface area contributed by atoms with Crippen LogP contribution in [-0.2, 0) is 53.2 Å². The monoisotopic (exact) mass is 758 g/mol. The zero-order chi connectivity index (χ0) is 41.0. The molecule has 1 fully saturated rings. The molecule has 4 rings (SSSR count). The second-order valence-corrected chi connectivity index (χ2v) is 18.1. The molecule has 3 aromatic carbocycles. The highest BCUT2D eigenvalue weighted by atomic mass is 16.7. The molecule has 1 aliphatic heterocycles. The van der Waals surface area contributed by atoms with E-state index in [0.29, 0.717) is 0 Å². The average Bonchev–Trinajstić information content (AvgIpc) is 3.10. The van der Waals surface area contributed by atoms with E-state index in [1.54, 1.807) is 83.1 Å². The molecule has 0 radical (unpaired) electrons. The smallest absolute Gasteiger partial charge is 0.313 e. The van der Waals surface area contributed by atoms with Gasteiger partial charge in [0.15, 0.2) is 12.2 Å². The van der Waals surface area contributed by atoms with E-state index >= 15 is 0 Å². The molecule has 10 nitrogen and oxygen atoms in total. The fraction of sp³-hybridized carbons (Fsp3) is 0.511. The van der Waals surface area contributed by atoms with Gasteiger partial charge in [0.25, 0.3) is 0 Å². The SMILES string of the molecule is CC(C)(C)C(=O)OC1O[C@H](COC(c2ccccc2)(c2ccccc2)c2ccccc2)[C@H](OC(=O)C(C)(C)C)[C@H](OC(=O)C(C)(C)C)[C@H]1OC(=O)C(C)(C)C. The van der Waals surface area contributed by atoms with Crippen molar-refractivity contribution < 1.29 is 47.6 Å². The number of benzene rings is 3. The van der Waals surface area contributed by atoms with E-state index in [1.807, 2.05) is 91.0 Å². The molecule has 1 saturated heterocycles. The minimum Gasteiger partial charge on any atom is -0.455 e. The first-order chi connectivity index (χ1) is 25.5. The lowest BCUT2D eigenvalue weighted by atomic mass is 9.80. The first-order valence-electron chi connectivity index (χ1n) is 18.8. The van der Waals surface area contributed by atoms with Gasteiger partial charge >= 0.3 is 23.9 Å². The Balaban J connectivity index is 1.96.